The normalized spacial score (nSPS) is 17.4. The van der Waals surface area contributed by atoms with E-state index in [9.17, 15) is 4.79 Å². The fourth-order valence-corrected chi connectivity index (χ4v) is 3.65. The Hall–Kier alpha value is -2.40. The number of carbonyl (C=O) groups is 1. The summed E-state index contributed by atoms with van der Waals surface area (Å²) in [5, 5.41) is 6.41. The third-order valence-electron chi connectivity index (χ3n) is 5.21. The van der Waals surface area contributed by atoms with E-state index in [-0.39, 0.29) is 5.91 Å². The van der Waals surface area contributed by atoms with Gasteiger partial charge in [-0.1, -0.05) is 30.3 Å². The first kappa shape index (κ1) is 19.4. The van der Waals surface area contributed by atoms with Crippen molar-refractivity contribution in [1.29, 1.82) is 0 Å². The predicted molar refractivity (Wildman–Crippen MR) is 110 cm³/mol. The van der Waals surface area contributed by atoms with Crippen molar-refractivity contribution in [1.82, 2.24) is 15.2 Å². The second kappa shape index (κ2) is 10.1. The maximum absolute atomic E-state index is 12.9. The summed E-state index contributed by atoms with van der Waals surface area (Å²) in [5.41, 5.74) is 2.07. The summed E-state index contributed by atoms with van der Waals surface area (Å²) < 4.78 is 0. The smallest absolute Gasteiger partial charge is 0.255 e. The van der Waals surface area contributed by atoms with E-state index in [1.165, 1.54) is 5.56 Å². The molecule has 1 aromatic heterocycles. The molecule has 5 heteroatoms. The molecule has 1 unspecified atom stereocenters. The number of hydrogen-bond donors (Lipinski definition) is 2. The molecule has 3 rings (SSSR count). The van der Waals surface area contributed by atoms with Crippen LogP contribution in [0, 0.1) is 0 Å². The molecule has 5 nitrogen and oxygen atoms in total. The molecule has 0 bridgehead atoms. The Morgan fingerprint density at radius 1 is 1.11 bits per heavy atom. The number of carbonyl (C=O) groups excluding carboxylic acids is 1. The van der Waals surface area contributed by atoms with Gasteiger partial charge < -0.3 is 15.5 Å². The van der Waals surface area contributed by atoms with Crippen molar-refractivity contribution in [2.24, 2.45) is 0 Å². The number of anilines is 1. The van der Waals surface area contributed by atoms with Gasteiger partial charge in [-0.3, -0.25) is 4.79 Å². The molecule has 1 aromatic carbocycles. The molecule has 27 heavy (non-hydrogen) atoms. The number of aromatic nitrogens is 1. The van der Waals surface area contributed by atoms with Crippen LogP contribution >= 0.6 is 0 Å². The summed E-state index contributed by atoms with van der Waals surface area (Å²) in [7, 11) is 1.95. The Kier molecular flexibility index (Phi) is 7.22. The lowest BCUT2D eigenvalue weighted by Crippen LogP contribution is -2.32. The average molecular weight is 367 g/mol. The van der Waals surface area contributed by atoms with Gasteiger partial charge in [0.15, 0.2) is 0 Å². The number of likely N-dealkylation sites (tertiary alicyclic amines) is 1. The minimum Gasteiger partial charge on any atom is -0.370 e. The second-order valence-corrected chi connectivity index (χ2v) is 7.15. The number of pyridine rings is 1. The maximum atomic E-state index is 12.9. The third-order valence-corrected chi connectivity index (χ3v) is 5.21. The number of benzene rings is 1. The van der Waals surface area contributed by atoms with Gasteiger partial charge in [-0.15, -0.1) is 0 Å². The topological polar surface area (TPSA) is 57.3 Å². The van der Waals surface area contributed by atoms with Gasteiger partial charge in [0, 0.05) is 25.8 Å². The number of rotatable bonds is 7. The van der Waals surface area contributed by atoms with Crippen LogP contribution < -0.4 is 10.6 Å². The summed E-state index contributed by atoms with van der Waals surface area (Å²) in [6, 6.07) is 14.4. The molecule has 0 saturated carbocycles. The molecule has 2 aromatic rings. The Bertz CT molecular complexity index is 702. The molecule has 1 saturated heterocycles. The maximum Gasteiger partial charge on any atom is 0.255 e. The van der Waals surface area contributed by atoms with Gasteiger partial charge in [-0.05, 0) is 62.9 Å². The molecule has 1 aliphatic rings. The highest BCUT2D eigenvalue weighted by atomic mass is 16.2. The fourth-order valence-electron chi connectivity index (χ4n) is 3.65. The summed E-state index contributed by atoms with van der Waals surface area (Å²) in [4.78, 5) is 19.2. The monoisotopic (exact) mass is 366 g/mol. The van der Waals surface area contributed by atoms with E-state index in [4.69, 9.17) is 0 Å². The lowest BCUT2D eigenvalue weighted by atomic mass is 9.92. The lowest BCUT2D eigenvalue weighted by Gasteiger charge is -2.21. The van der Waals surface area contributed by atoms with Crippen LogP contribution in [0.5, 0.6) is 0 Å². The molecular formula is C22H30N4O. The minimum atomic E-state index is 0.0953. The molecule has 0 aliphatic carbocycles. The molecular weight excluding hydrogens is 336 g/mol. The van der Waals surface area contributed by atoms with E-state index in [2.05, 4.69) is 45.9 Å². The molecule has 1 amide bonds. The number of amides is 1. The summed E-state index contributed by atoms with van der Waals surface area (Å²) in [5.74, 6) is 1.46. The largest absolute Gasteiger partial charge is 0.370 e. The van der Waals surface area contributed by atoms with Crippen molar-refractivity contribution in [3.8, 4) is 0 Å². The zero-order valence-electron chi connectivity index (χ0n) is 16.2. The molecule has 2 heterocycles. The van der Waals surface area contributed by atoms with Gasteiger partial charge >= 0.3 is 0 Å². The highest BCUT2D eigenvalue weighted by Gasteiger charge is 2.22. The van der Waals surface area contributed by atoms with Crippen molar-refractivity contribution >= 4 is 11.7 Å². The van der Waals surface area contributed by atoms with E-state index < -0.39 is 0 Å². The minimum absolute atomic E-state index is 0.0953. The highest BCUT2D eigenvalue weighted by Crippen LogP contribution is 2.28. The zero-order valence-corrected chi connectivity index (χ0v) is 16.2. The van der Waals surface area contributed by atoms with E-state index in [0.29, 0.717) is 11.5 Å². The quantitative estimate of drug-likeness (QED) is 0.736. The summed E-state index contributed by atoms with van der Waals surface area (Å²) in [6.45, 7) is 3.48. The second-order valence-electron chi connectivity index (χ2n) is 7.15. The predicted octanol–water partition coefficient (Wildman–Crippen LogP) is 3.51. The van der Waals surface area contributed by atoms with Gasteiger partial charge in [-0.2, -0.15) is 0 Å². The van der Waals surface area contributed by atoms with Crippen molar-refractivity contribution in [3.05, 3.63) is 59.8 Å². The van der Waals surface area contributed by atoms with E-state index >= 15 is 0 Å². The number of nitrogens with zero attached hydrogens (tertiary/aromatic N) is 2. The molecule has 0 radical (unpaired) electrons. The Morgan fingerprint density at radius 3 is 2.70 bits per heavy atom. The van der Waals surface area contributed by atoms with Crippen molar-refractivity contribution in [3.63, 3.8) is 0 Å². The SMILES string of the molecule is CNCCCNc1ccc(C(=O)N2CCCC(c3ccccc3)CC2)cn1. The molecule has 2 N–H and O–H groups in total. The van der Waals surface area contributed by atoms with Crippen molar-refractivity contribution < 1.29 is 4.79 Å². The molecule has 0 spiro atoms. The van der Waals surface area contributed by atoms with Crippen LogP contribution in [0.4, 0.5) is 5.82 Å². The third kappa shape index (κ3) is 5.54. The molecule has 1 aliphatic heterocycles. The summed E-state index contributed by atoms with van der Waals surface area (Å²) >= 11 is 0. The standard InChI is InChI=1S/C22H30N4O/c1-23-13-6-14-24-21-11-10-20(17-25-21)22(27)26-15-5-9-19(12-16-26)18-7-3-2-4-8-18/h2-4,7-8,10-11,17,19,23H,5-6,9,12-16H2,1H3,(H,24,25). The Labute approximate surface area is 162 Å². The van der Waals surface area contributed by atoms with Crippen LogP contribution in [0.25, 0.3) is 0 Å². The van der Waals surface area contributed by atoms with Crippen LogP contribution in [-0.4, -0.2) is 49.0 Å². The number of hydrogen-bond acceptors (Lipinski definition) is 4. The lowest BCUT2D eigenvalue weighted by molar-refractivity contribution is 0.0760. The Balaban J connectivity index is 1.54. The van der Waals surface area contributed by atoms with Gasteiger partial charge in [0.05, 0.1) is 5.56 Å². The van der Waals surface area contributed by atoms with Gasteiger partial charge in [0.1, 0.15) is 5.82 Å². The van der Waals surface area contributed by atoms with E-state index in [1.807, 2.05) is 24.1 Å². The molecule has 1 atom stereocenters. The van der Waals surface area contributed by atoms with E-state index in [1.54, 1.807) is 6.20 Å². The molecule has 1 fully saturated rings. The van der Waals surface area contributed by atoms with E-state index in [0.717, 1.165) is 57.7 Å². The summed E-state index contributed by atoms with van der Waals surface area (Å²) in [6.07, 6.45) is 5.94. The van der Waals surface area contributed by atoms with Gasteiger partial charge in [-0.25, -0.2) is 4.98 Å². The highest BCUT2D eigenvalue weighted by molar-refractivity contribution is 5.94. The first-order valence-electron chi connectivity index (χ1n) is 9.96. The van der Waals surface area contributed by atoms with Crippen molar-refractivity contribution in [2.45, 2.75) is 31.6 Å². The van der Waals surface area contributed by atoms with Gasteiger partial charge in [0.25, 0.3) is 5.91 Å². The fraction of sp³-hybridized carbons (Fsp3) is 0.455. The average Bonchev–Trinajstić information content (AvgIpc) is 2.98. The van der Waals surface area contributed by atoms with Crippen molar-refractivity contribution in [2.75, 3.05) is 38.5 Å². The molecule has 144 valence electrons. The van der Waals surface area contributed by atoms with Crippen LogP contribution in [0.2, 0.25) is 0 Å². The number of nitrogens with one attached hydrogen (secondary N) is 2. The van der Waals surface area contributed by atoms with Crippen LogP contribution in [0.1, 0.15) is 47.5 Å². The Morgan fingerprint density at radius 2 is 1.96 bits per heavy atom. The van der Waals surface area contributed by atoms with Gasteiger partial charge in [0.2, 0.25) is 0 Å². The first-order chi connectivity index (χ1) is 13.3. The van der Waals surface area contributed by atoms with Crippen LogP contribution in [-0.2, 0) is 0 Å². The first-order valence-corrected chi connectivity index (χ1v) is 9.96. The van der Waals surface area contributed by atoms with Crippen LogP contribution in [0.15, 0.2) is 48.7 Å². The zero-order chi connectivity index (χ0) is 18.9. The van der Waals surface area contributed by atoms with Crippen LogP contribution in [0.3, 0.4) is 0 Å².